The van der Waals surface area contributed by atoms with Crippen LogP contribution in [-0.4, -0.2) is 50.7 Å². The summed E-state index contributed by atoms with van der Waals surface area (Å²) in [4.78, 5) is 26.7. The molecule has 1 aliphatic carbocycles. The van der Waals surface area contributed by atoms with Crippen molar-refractivity contribution in [1.82, 2.24) is 4.90 Å². The van der Waals surface area contributed by atoms with Crippen LogP contribution in [-0.2, 0) is 9.53 Å². The van der Waals surface area contributed by atoms with Gasteiger partial charge >= 0.3 is 5.97 Å². The molecule has 0 saturated carbocycles. The number of amides is 1. The lowest BCUT2D eigenvalue weighted by Crippen LogP contribution is -2.34. The van der Waals surface area contributed by atoms with Crippen molar-refractivity contribution in [2.45, 2.75) is 45.4 Å². The lowest BCUT2D eigenvalue weighted by Gasteiger charge is -2.24. The van der Waals surface area contributed by atoms with Crippen LogP contribution in [0.1, 0.15) is 55.8 Å². The smallest absolute Gasteiger partial charge is 0.307 e. The monoisotopic (exact) mass is 389 g/mol. The maximum atomic E-state index is 13.2. The summed E-state index contributed by atoms with van der Waals surface area (Å²) in [5.41, 5.74) is 1.88. The molecule has 1 aliphatic rings. The van der Waals surface area contributed by atoms with E-state index in [9.17, 15) is 9.59 Å². The zero-order valence-corrected chi connectivity index (χ0v) is 17.2. The molecule has 0 aliphatic heterocycles. The number of carbonyl (C=O) groups excluding carboxylic acids is 2. The number of hydrogen-bond donors (Lipinski definition) is 0. The summed E-state index contributed by atoms with van der Waals surface area (Å²) in [6.45, 7) is 3.01. The van der Waals surface area contributed by atoms with Crippen LogP contribution in [0.4, 0.5) is 0 Å². The van der Waals surface area contributed by atoms with Gasteiger partial charge in [0.15, 0.2) is 0 Å². The molecule has 0 spiro atoms. The molecule has 0 atom stereocenters. The molecule has 0 heterocycles. The van der Waals surface area contributed by atoms with Crippen LogP contribution < -0.4 is 9.47 Å². The van der Waals surface area contributed by atoms with Gasteiger partial charge in [0.25, 0.3) is 5.91 Å². The van der Waals surface area contributed by atoms with Gasteiger partial charge in [0.2, 0.25) is 0 Å². The highest BCUT2D eigenvalue weighted by Gasteiger charge is 2.20. The van der Waals surface area contributed by atoms with Gasteiger partial charge in [0.05, 0.1) is 27.2 Å². The molecule has 0 bridgehead atoms. The van der Waals surface area contributed by atoms with E-state index >= 15 is 0 Å². The third-order valence-electron chi connectivity index (χ3n) is 4.86. The summed E-state index contributed by atoms with van der Waals surface area (Å²) < 4.78 is 15.6. The first-order valence-corrected chi connectivity index (χ1v) is 9.93. The highest BCUT2D eigenvalue weighted by atomic mass is 16.5. The highest BCUT2D eigenvalue weighted by molar-refractivity contribution is 5.95. The van der Waals surface area contributed by atoms with Gasteiger partial charge in [-0.1, -0.05) is 11.6 Å². The lowest BCUT2D eigenvalue weighted by molar-refractivity contribution is -0.143. The van der Waals surface area contributed by atoms with E-state index in [4.69, 9.17) is 14.2 Å². The summed E-state index contributed by atoms with van der Waals surface area (Å²) in [6, 6.07) is 5.12. The zero-order valence-electron chi connectivity index (χ0n) is 17.2. The van der Waals surface area contributed by atoms with Crippen LogP contribution in [0.5, 0.6) is 11.5 Å². The second-order valence-electron chi connectivity index (χ2n) is 6.81. The molecule has 0 fully saturated rings. The zero-order chi connectivity index (χ0) is 20.4. The minimum atomic E-state index is -0.291. The Morgan fingerprint density at radius 1 is 1.04 bits per heavy atom. The Labute approximate surface area is 167 Å². The van der Waals surface area contributed by atoms with Gasteiger partial charge < -0.3 is 19.1 Å². The second kappa shape index (κ2) is 11.4. The molecule has 28 heavy (non-hydrogen) atoms. The average molecular weight is 389 g/mol. The van der Waals surface area contributed by atoms with Crippen LogP contribution in [0, 0.1) is 0 Å². The third-order valence-corrected chi connectivity index (χ3v) is 4.86. The Kier molecular flexibility index (Phi) is 8.85. The van der Waals surface area contributed by atoms with Crippen molar-refractivity contribution in [2.24, 2.45) is 0 Å². The lowest BCUT2D eigenvalue weighted by atomic mass is 9.97. The molecule has 0 saturated heterocycles. The average Bonchev–Trinajstić information content (AvgIpc) is 2.73. The summed E-state index contributed by atoms with van der Waals surface area (Å²) in [5, 5.41) is 0. The van der Waals surface area contributed by atoms with Crippen molar-refractivity contribution in [3.8, 4) is 11.5 Å². The Morgan fingerprint density at radius 2 is 1.75 bits per heavy atom. The maximum Gasteiger partial charge on any atom is 0.307 e. The fourth-order valence-electron chi connectivity index (χ4n) is 3.30. The van der Waals surface area contributed by atoms with Gasteiger partial charge in [-0.25, -0.2) is 0 Å². The van der Waals surface area contributed by atoms with E-state index in [1.165, 1.54) is 18.4 Å². The molecule has 1 aromatic carbocycles. The minimum Gasteiger partial charge on any atom is -0.497 e. The molecule has 6 nitrogen and oxygen atoms in total. The number of benzene rings is 1. The number of rotatable bonds is 10. The Balaban J connectivity index is 2.14. The minimum absolute atomic E-state index is 0.141. The number of allylic oxidation sites excluding steroid dienone is 1. The third kappa shape index (κ3) is 6.59. The fraction of sp³-hybridized carbons (Fsp3) is 0.545. The molecule has 6 heteroatoms. The van der Waals surface area contributed by atoms with E-state index < -0.39 is 0 Å². The number of esters is 1. The van der Waals surface area contributed by atoms with E-state index in [2.05, 4.69) is 6.08 Å². The summed E-state index contributed by atoms with van der Waals surface area (Å²) in [6.07, 6.45) is 7.93. The molecule has 0 radical (unpaired) electrons. The van der Waals surface area contributed by atoms with Crippen LogP contribution >= 0.6 is 0 Å². The molecule has 0 N–H and O–H groups in total. The largest absolute Gasteiger partial charge is 0.497 e. The Hall–Kier alpha value is -2.50. The molecule has 0 unspecified atom stereocenters. The summed E-state index contributed by atoms with van der Waals surface area (Å²) in [7, 11) is 3.11. The molecular formula is C22H31NO5. The Morgan fingerprint density at radius 3 is 2.32 bits per heavy atom. The predicted octanol–water partition coefficient (Wildman–Crippen LogP) is 3.99. The molecular weight excluding hydrogens is 358 g/mol. The number of hydrogen-bond acceptors (Lipinski definition) is 5. The molecule has 154 valence electrons. The van der Waals surface area contributed by atoms with Crippen LogP contribution in [0.3, 0.4) is 0 Å². The predicted molar refractivity (Wildman–Crippen MR) is 108 cm³/mol. The SMILES string of the molecule is CCOC(=O)CCN(CCC1=CCCCC1)C(=O)c1cc(OC)cc(OC)c1. The maximum absolute atomic E-state index is 13.2. The van der Waals surface area contributed by atoms with Crippen molar-refractivity contribution in [2.75, 3.05) is 33.9 Å². The number of methoxy groups -OCH3 is 2. The van der Waals surface area contributed by atoms with Crippen molar-refractivity contribution in [1.29, 1.82) is 0 Å². The summed E-state index contributed by atoms with van der Waals surface area (Å²) in [5.74, 6) is 0.685. The fourth-order valence-corrected chi connectivity index (χ4v) is 3.30. The number of nitrogens with zero attached hydrogens (tertiary/aromatic N) is 1. The molecule has 1 aromatic rings. The molecule has 1 amide bonds. The van der Waals surface area contributed by atoms with Crippen LogP contribution in [0.2, 0.25) is 0 Å². The summed E-state index contributed by atoms with van der Waals surface area (Å²) >= 11 is 0. The van der Waals surface area contributed by atoms with Crippen molar-refractivity contribution in [3.63, 3.8) is 0 Å². The van der Waals surface area contributed by atoms with Crippen LogP contribution in [0.25, 0.3) is 0 Å². The standard InChI is InChI=1S/C22H31NO5/c1-4-28-21(24)11-13-23(12-10-17-8-6-5-7-9-17)22(25)18-14-19(26-2)16-20(15-18)27-3/h8,14-16H,4-7,9-13H2,1-3H3. The first-order chi connectivity index (χ1) is 13.6. The van der Waals surface area contributed by atoms with Gasteiger partial charge in [0.1, 0.15) is 11.5 Å². The Bertz CT molecular complexity index is 676. The van der Waals surface area contributed by atoms with E-state index in [-0.39, 0.29) is 18.3 Å². The van der Waals surface area contributed by atoms with Gasteiger partial charge in [-0.15, -0.1) is 0 Å². The first-order valence-electron chi connectivity index (χ1n) is 9.93. The van der Waals surface area contributed by atoms with Crippen molar-refractivity contribution >= 4 is 11.9 Å². The van der Waals surface area contributed by atoms with Crippen molar-refractivity contribution < 1.29 is 23.8 Å². The van der Waals surface area contributed by atoms with Gasteiger partial charge in [-0.05, 0) is 51.2 Å². The molecule has 2 rings (SSSR count). The first kappa shape index (κ1) is 21.8. The van der Waals surface area contributed by atoms with Gasteiger partial charge in [-0.3, -0.25) is 9.59 Å². The molecule has 0 aromatic heterocycles. The van der Waals surface area contributed by atoms with E-state index in [1.54, 1.807) is 44.2 Å². The van der Waals surface area contributed by atoms with Gasteiger partial charge in [-0.2, -0.15) is 0 Å². The quantitative estimate of drug-likeness (QED) is 0.447. The van der Waals surface area contributed by atoms with E-state index in [1.807, 2.05) is 0 Å². The van der Waals surface area contributed by atoms with E-state index in [0.29, 0.717) is 36.8 Å². The number of ether oxygens (including phenoxy) is 3. The highest BCUT2D eigenvalue weighted by Crippen LogP contribution is 2.25. The number of carbonyl (C=O) groups is 2. The van der Waals surface area contributed by atoms with Crippen LogP contribution in [0.15, 0.2) is 29.8 Å². The topological polar surface area (TPSA) is 65.1 Å². The normalized spacial score (nSPS) is 13.5. The van der Waals surface area contributed by atoms with E-state index in [0.717, 1.165) is 19.3 Å². The second-order valence-corrected chi connectivity index (χ2v) is 6.81. The van der Waals surface area contributed by atoms with Crippen molar-refractivity contribution in [3.05, 3.63) is 35.4 Å². The van der Waals surface area contributed by atoms with Gasteiger partial charge in [0, 0.05) is 24.7 Å².